The zero-order valence-corrected chi connectivity index (χ0v) is 14.2. The molecule has 20 heavy (non-hydrogen) atoms. The van der Waals surface area contributed by atoms with E-state index in [1.54, 1.807) is 12.1 Å². The predicted octanol–water partition coefficient (Wildman–Crippen LogP) is 4.43. The number of hydrogen-bond donors (Lipinski definition) is 0. The van der Waals surface area contributed by atoms with Gasteiger partial charge < -0.3 is 4.74 Å². The molecule has 0 saturated carbocycles. The van der Waals surface area contributed by atoms with Gasteiger partial charge >= 0.3 is 0 Å². The van der Waals surface area contributed by atoms with E-state index in [0.717, 1.165) is 11.1 Å². The molecule has 0 fully saturated rings. The summed E-state index contributed by atoms with van der Waals surface area (Å²) in [5.41, 5.74) is 2.84. The first-order valence-electron chi connectivity index (χ1n) is 6.03. The van der Waals surface area contributed by atoms with Gasteiger partial charge in [-0.25, -0.2) is 8.42 Å². The first-order valence-corrected chi connectivity index (χ1v) is 8.78. The van der Waals surface area contributed by atoms with Crippen LogP contribution in [0.2, 0.25) is 0 Å². The molecule has 1 rings (SSSR count). The van der Waals surface area contributed by atoms with Crippen LogP contribution in [0.15, 0.2) is 34.2 Å². The number of halogens is 2. The average molecular weight is 337 g/mol. The molecule has 0 bridgehead atoms. The summed E-state index contributed by atoms with van der Waals surface area (Å²) >= 11 is 5.59. The highest BCUT2D eigenvalue weighted by Crippen LogP contribution is 2.34. The fourth-order valence-corrected chi connectivity index (χ4v) is 2.44. The van der Waals surface area contributed by atoms with Gasteiger partial charge in [0, 0.05) is 21.8 Å². The van der Waals surface area contributed by atoms with Gasteiger partial charge in [0.05, 0.1) is 4.90 Å². The van der Waals surface area contributed by atoms with Crippen LogP contribution in [-0.4, -0.2) is 15.0 Å². The smallest absolute Gasteiger partial charge is 0.261 e. The van der Waals surface area contributed by atoms with Crippen molar-refractivity contribution >= 4 is 31.3 Å². The van der Waals surface area contributed by atoms with Gasteiger partial charge in [0.15, 0.2) is 0 Å². The first kappa shape index (κ1) is 17.3. The summed E-state index contributed by atoms with van der Waals surface area (Å²) in [4.78, 5) is 0.0704. The van der Waals surface area contributed by atoms with Crippen LogP contribution in [-0.2, 0) is 14.5 Å². The Hall–Kier alpha value is -0.710. The summed E-state index contributed by atoms with van der Waals surface area (Å²) in [6, 6.07) is 4.61. The molecular weight excluding hydrogens is 319 g/mol. The molecule has 0 aliphatic carbocycles. The summed E-state index contributed by atoms with van der Waals surface area (Å²) in [6.07, 6.45) is 0. The number of ether oxygens (including phenoxy) is 1. The third kappa shape index (κ3) is 4.69. The van der Waals surface area contributed by atoms with Crippen LogP contribution in [0.1, 0.15) is 33.3 Å². The van der Waals surface area contributed by atoms with Crippen molar-refractivity contribution in [2.75, 3.05) is 6.61 Å². The van der Waals surface area contributed by atoms with E-state index in [-0.39, 0.29) is 10.3 Å². The van der Waals surface area contributed by atoms with E-state index in [1.807, 2.05) is 27.7 Å². The monoisotopic (exact) mass is 336 g/mol. The van der Waals surface area contributed by atoms with Crippen molar-refractivity contribution < 1.29 is 13.2 Å². The Bertz CT molecular complexity index is 614. The molecule has 0 spiro atoms. The second-order valence-corrected chi connectivity index (χ2v) is 8.37. The van der Waals surface area contributed by atoms with Gasteiger partial charge in [-0.05, 0) is 36.1 Å². The zero-order valence-electron chi connectivity index (χ0n) is 11.9. The topological polar surface area (TPSA) is 43.4 Å². The van der Waals surface area contributed by atoms with Gasteiger partial charge in [0.1, 0.15) is 12.4 Å². The second kappa shape index (κ2) is 6.37. The molecule has 0 unspecified atom stereocenters. The molecule has 0 heterocycles. The lowest BCUT2D eigenvalue weighted by Crippen LogP contribution is -2.15. The van der Waals surface area contributed by atoms with E-state index in [0.29, 0.717) is 12.4 Å². The van der Waals surface area contributed by atoms with Crippen molar-refractivity contribution in [3.63, 3.8) is 0 Å². The van der Waals surface area contributed by atoms with Crippen molar-refractivity contribution in [1.29, 1.82) is 0 Å². The van der Waals surface area contributed by atoms with E-state index < -0.39 is 9.05 Å². The minimum Gasteiger partial charge on any atom is -0.489 e. The lowest BCUT2D eigenvalue weighted by Gasteiger charge is -2.23. The maximum absolute atomic E-state index is 11.4. The molecule has 0 N–H and O–H groups in total. The Balaban J connectivity index is 3.25. The SMILES string of the molecule is C/C(=C/Cl)COc1ccc(S(=O)(=O)Cl)cc1C(C)(C)C. The van der Waals surface area contributed by atoms with E-state index in [2.05, 4.69) is 0 Å². The Morgan fingerprint density at radius 2 is 1.95 bits per heavy atom. The van der Waals surface area contributed by atoms with Crippen molar-refractivity contribution in [2.24, 2.45) is 0 Å². The van der Waals surface area contributed by atoms with E-state index in [9.17, 15) is 8.42 Å². The first-order chi connectivity index (χ1) is 9.05. The highest BCUT2D eigenvalue weighted by molar-refractivity contribution is 8.13. The van der Waals surface area contributed by atoms with Gasteiger partial charge in [0.2, 0.25) is 0 Å². The molecule has 6 heteroatoms. The molecule has 0 amide bonds. The summed E-state index contributed by atoms with van der Waals surface area (Å²) in [6.45, 7) is 8.12. The summed E-state index contributed by atoms with van der Waals surface area (Å²) in [7, 11) is 1.63. The summed E-state index contributed by atoms with van der Waals surface area (Å²) in [5.74, 6) is 0.624. The van der Waals surface area contributed by atoms with Gasteiger partial charge in [-0.1, -0.05) is 32.4 Å². The lowest BCUT2D eigenvalue weighted by molar-refractivity contribution is 0.341. The highest BCUT2D eigenvalue weighted by atomic mass is 35.7. The van der Waals surface area contributed by atoms with Crippen LogP contribution in [0, 0.1) is 0 Å². The second-order valence-electron chi connectivity index (χ2n) is 5.59. The maximum Gasteiger partial charge on any atom is 0.261 e. The van der Waals surface area contributed by atoms with Crippen LogP contribution in [0.5, 0.6) is 5.75 Å². The molecular formula is C14H18Cl2O3S. The van der Waals surface area contributed by atoms with Crippen LogP contribution in [0.4, 0.5) is 0 Å². The molecule has 0 saturated heterocycles. The Morgan fingerprint density at radius 3 is 2.40 bits per heavy atom. The lowest BCUT2D eigenvalue weighted by atomic mass is 9.86. The summed E-state index contributed by atoms with van der Waals surface area (Å²) < 4.78 is 28.6. The Kier molecular flexibility index (Phi) is 5.53. The molecule has 1 aromatic rings. The van der Waals surface area contributed by atoms with Crippen LogP contribution in [0.3, 0.4) is 0 Å². The van der Waals surface area contributed by atoms with E-state index >= 15 is 0 Å². The van der Waals surface area contributed by atoms with Gasteiger partial charge in [-0.2, -0.15) is 0 Å². The molecule has 0 aliphatic rings. The van der Waals surface area contributed by atoms with Gasteiger partial charge in [0.25, 0.3) is 9.05 Å². The van der Waals surface area contributed by atoms with Crippen molar-refractivity contribution in [3.05, 3.63) is 34.9 Å². The largest absolute Gasteiger partial charge is 0.489 e. The van der Waals surface area contributed by atoms with Crippen LogP contribution < -0.4 is 4.74 Å². The normalized spacial score (nSPS) is 13.4. The minimum atomic E-state index is -3.75. The average Bonchev–Trinajstić information content (AvgIpc) is 2.33. The van der Waals surface area contributed by atoms with Crippen molar-refractivity contribution in [1.82, 2.24) is 0 Å². The fourth-order valence-electron chi connectivity index (χ4n) is 1.60. The predicted molar refractivity (Wildman–Crippen MR) is 83.3 cm³/mol. The molecule has 112 valence electrons. The molecule has 3 nitrogen and oxygen atoms in total. The van der Waals surface area contributed by atoms with Crippen LogP contribution in [0.25, 0.3) is 0 Å². The molecule has 0 aliphatic heterocycles. The van der Waals surface area contributed by atoms with Crippen molar-refractivity contribution in [2.45, 2.75) is 38.0 Å². The van der Waals surface area contributed by atoms with Crippen LogP contribution >= 0.6 is 22.3 Å². The quantitative estimate of drug-likeness (QED) is 0.763. The molecule has 0 radical (unpaired) electrons. The number of benzene rings is 1. The Labute approximate surface area is 130 Å². The van der Waals surface area contributed by atoms with Crippen molar-refractivity contribution in [3.8, 4) is 5.75 Å². The Morgan fingerprint density at radius 1 is 1.35 bits per heavy atom. The van der Waals surface area contributed by atoms with Gasteiger partial charge in [-0.15, -0.1) is 0 Å². The third-order valence-corrected chi connectivity index (χ3v) is 4.41. The fraction of sp³-hybridized carbons (Fsp3) is 0.429. The maximum atomic E-state index is 11.4. The minimum absolute atomic E-state index is 0.0704. The van der Waals surface area contributed by atoms with E-state index in [4.69, 9.17) is 27.0 Å². The summed E-state index contributed by atoms with van der Waals surface area (Å²) in [5, 5.41) is 0. The van der Waals surface area contributed by atoms with Gasteiger partial charge in [-0.3, -0.25) is 0 Å². The standard InChI is InChI=1S/C14H18Cl2O3S/c1-10(8-15)9-19-13-6-5-11(20(16,17)18)7-12(13)14(2,3)4/h5-8H,9H2,1-4H3/b10-8-. The highest BCUT2D eigenvalue weighted by Gasteiger charge is 2.22. The van der Waals surface area contributed by atoms with E-state index in [1.165, 1.54) is 11.6 Å². The molecule has 0 atom stereocenters. The zero-order chi connectivity index (χ0) is 15.6. The third-order valence-electron chi connectivity index (χ3n) is 2.68. The number of rotatable bonds is 4. The molecule has 1 aromatic carbocycles. The number of hydrogen-bond acceptors (Lipinski definition) is 3. The molecule has 0 aromatic heterocycles.